The van der Waals surface area contributed by atoms with Gasteiger partial charge in [0.05, 0.1) is 15.0 Å². The number of anilines is 1. The SMILES string of the molecule is Nc1c([N+](=O)[O-])cc(Br)c(Cl)c1Cl. The molecular weight excluding hydrogens is 283 g/mol. The Morgan fingerprint density at radius 3 is 2.46 bits per heavy atom. The van der Waals surface area contributed by atoms with E-state index in [1.807, 2.05) is 0 Å². The third-order valence-corrected chi connectivity index (χ3v) is 3.11. The summed E-state index contributed by atoms with van der Waals surface area (Å²) in [6, 6.07) is 1.21. The standard InChI is InChI=1S/C6H3BrCl2N2O2/c7-2-1-3(11(12)13)6(10)5(9)4(2)8/h1H,10H2. The lowest BCUT2D eigenvalue weighted by Crippen LogP contribution is -1.97. The van der Waals surface area contributed by atoms with E-state index in [0.29, 0.717) is 4.47 Å². The van der Waals surface area contributed by atoms with Crippen molar-refractivity contribution < 1.29 is 4.92 Å². The van der Waals surface area contributed by atoms with Crippen LogP contribution in [0.4, 0.5) is 11.4 Å². The third kappa shape index (κ3) is 1.87. The van der Waals surface area contributed by atoms with Gasteiger partial charge in [0.25, 0.3) is 5.69 Å². The zero-order valence-corrected chi connectivity index (χ0v) is 9.15. The van der Waals surface area contributed by atoms with Gasteiger partial charge in [0.2, 0.25) is 0 Å². The minimum atomic E-state index is -0.623. The van der Waals surface area contributed by atoms with Gasteiger partial charge in [0.15, 0.2) is 0 Å². The number of benzene rings is 1. The largest absolute Gasteiger partial charge is 0.392 e. The van der Waals surface area contributed by atoms with Crippen LogP contribution >= 0.6 is 39.1 Å². The molecule has 0 unspecified atom stereocenters. The molecule has 0 aliphatic carbocycles. The van der Waals surface area contributed by atoms with Crippen molar-refractivity contribution in [2.75, 3.05) is 5.73 Å². The molecule has 4 nitrogen and oxygen atoms in total. The van der Waals surface area contributed by atoms with Gasteiger partial charge < -0.3 is 5.73 Å². The zero-order valence-electron chi connectivity index (χ0n) is 6.05. The second-order valence-electron chi connectivity index (χ2n) is 2.18. The zero-order chi connectivity index (χ0) is 10.2. The summed E-state index contributed by atoms with van der Waals surface area (Å²) in [4.78, 5) is 9.82. The summed E-state index contributed by atoms with van der Waals surface area (Å²) in [6.45, 7) is 0. The maximum absolute atomic E-state index is 10.4. The maximum Gasteiger partial charge on any atom is 0.294 e. The van der Waals surface area contributed by atoms with Gasteiger partial charge in [-0.3, -0.25) is 10.1 Å². The van der Waals surface area contributed by atoms with Crippen LogP contribution in [-0.4, -0.2) is 4.92 Å². The number of nitro groups is 1. The number of rotatable bonds is 1. The first kappa shape index (κ1) is 10.6. The summed E-state index contributed by atoms with van der Waals surface area (Å²) in [6.07, 6.45) is 0. The van der Waals surface area contributed by atoms with E-state index in [0.717, 1.165) is 0 Å². The Morgan fingerprint density at radius 1 is 1.46 bits per heavy atom. The summed E-state index contributed by atoms with van der Waals surface area (Å²) < 4.78 is 0.347. The Hall–Kier alpha value is -0.520. The number of halogens is 3. The predicted molar refractivity (Wildman–Crippen MR) is 55.2 cm³/mol. The fraction of sp³-hybridized carbons (Fsp3) is 0. The van der Waals surface area contributed by atoms with Crippen LogP contribution in [0.1, 0.15) is 0 Å². The summed E-state index contributed by atoms with van der Waals surface area (Å²) in [7, 11) is 0. The van der Waals surface area contributed by atoms with E-state index in [1.54, 1.807) is 0 Å². The normalized spacial score (nSPS) is 10.1. The quantitative estimate of drug-likeness (QED) is 0.373. The van der Waals surface area contributed by atoms with Crippen molar-refractivity contribution in [3.8, 4) is 0 Å². The second-order valence-corrected chi connectivity index (χ2v) is 3.79. The molecule has 0 aliphatic rings. The highest BCUT2D eigenvalue weighted by Crippen LogP contribution is 2.40. The first-order valence-corrected chi connectivity index (χ1v) is 4.57. The van der Waals surface area contributed by atoms with Crippen molar-refractivity contribution in [3.05, 3.63) is 30.7 Å². The lowest BCUT2D eigenvalue weighted by Gasteiger charge is -2.03. The highest BCUT2D eigenvalue weighted by atomic mass is 79.9. The molecule has 0 fully saturated rings. The summed E-state index contributed by atoms with van der Waals surface area (Å²) >= 11 is 14.3. The Balaban J connectivity index is 3.50. The van der Waals surface area contributed by atoms with E-state index in [2.05, 4.69) is 15.9 Å². The van der Waals surface area contributed by atoms with Gasteiger partial charge in [-0.15, -0.1) is 0 Å². The van der Waals surface area contributed by atoms with E-state index < -0.39 is 4.92 Å². The number of nitrogen functional groups attached to an aromatic ring is 1. The molecule has 0 saturated heterocycles. The summed E-state index contributed by atoms with van der Waals surface area (Å²) in [5.41, 5.74) is 4.99. The molecule has 0 radical (unpaired) electrons. The van der Waals surface area contributed by atoms with Gasteiger partial charge >= 0.3 is 0 Å². The lowest BCUT2D eigenvalue weighted by molar-refractivity contribution is -0.383. The van der Waals surface area contributed by atoms with Crippen molar-refractivity contribution in [2.24, 2.45) is 0 Å². The topological polar surface area (TPSA) is 69.2 Å². The van der Waals surface area contributed by atoms with Gasteiger partial charge in [-0.2, -0.15) is 0 Å². The molecule has 0 bridgehead atoms. The predicted octanol–water partition coefficient (Wildman–Crippen LogP) is 3.25. The highest BCUT2D eigenvalue weighted by molar-refractivity contribution is 9.10. The average Bonchev–Trinajstić information content (AvgIpc) is 2.07. The molecule has 1 rings (SSSR count). The average molecular weight is 286 g/mol. The maximum atomic E-state index is 10.4. The lowest BCUT2D eigenvalue weighted by atomic mass is 10.3. The van der Waals surface area contributed by atoms with Gasteiger partial charge in [0, 0.05) is 10.5 Å². The molecule has 0 spiro atoms. The first-order chi connectivity index (χ1) is 5.95. The number of nitrogens with two attached hydrogens (primary N) is 1. The molecule has 70 valence electrons. The molecule has 0 atom stereocenters. The van der Waals surface area contributed by atoms with Gasteiger partial charge in [-0.1, -0.05) is 23.2 Å². The van der Waals surface area contributed by atoms with E-state index in [-0.39, 0.29) is 21.4 Å². The molecule has 1 aromatic carbocycles. The third-order valence-electron chi connectivity index (χ3n) is 1.37. The van der Waals surface area contributed by atoms with Crippen LogP contribution in [-0.2, 0) is 0 Å². The molecule has 0 aromatic heterocycles. The van der Waals surface area contributed by atoms with Crippen LogP contribution in [0.5, 0.6) is 0 Å². The van der Waals surface area contributed by atoms with E-state index in [4.69, 9.17) is 28.9 Å². The number of hydrogen-bond donors (Lipinski definition) is 1. The van der Waals surface area contributed by atoms with Crippen LogP contribution < -0.4 is 5.73 Å². The molecule has 0 aliphatic heterocycles. The van der Waals surface area contributed by atoms with Gasteiger partial charge in [-0.25, -0.2) is 0 Å². The van der Waals surface area contributed by atoms with E-state index in [1.165, 1.54) is 6.07 Å². The smallest absolute Gasteiger partial charge is 0.294 e. The summed E-state index contributed by atoms with van der Waals surface area (Å²) in [5.74, 6) is 0. The van der Waals surface area contributed by atoms with Crippen molar-refractivity contribution in [1.82, 2.24) is 0 Å². The van der Waals surface area contributed by atoms with Crippen molar-refractivity contribution in [2.45, 2.75) is 0 Å². The Labute approximate surface area is 91.9 Å². The molecule has 13 heavy (non-hydrogen) atoms. The molecule has 0 saturated carbocycles. The van der Waals surface area contributed by atoms with E-state index in [9.17, 15) is 10.1 Å². The van der Waals surface area contributed by atoms with Crippen molar-refractivity contribution >= 4 is 50.5 Å². The van der Waals surface area contributed by atoms with Crippen molar-refractivity contribution in [1.29, 1.82) is 0 Å². The Morgan fingerprint density at radius 2 is 2.00 bits per heavy atom. The van der Waals surface area contributed by atoms with Gasteiger partial charge in [-0.05, 0) is 15.9 Å². The van der Waals surface area contributed by atoms with Crippen LogP contribution in [0.15, 0.2) is 10.5 Å². The van der Waals surface area contributed by atoms with Crippen LogP contribution in [0, 0.1) is 10.1 Å². The molecule has 2 N–H and O–H groups in total. The Bertz CT molecular complexity index is 383. The van der Waals surface area contributed by atoms with Crippen LogP contribution in [0.3, 0.4) is 0 Å². The number of nitro benzene ring substituents is 1. The number of hydrogen-bond acceptors (Lipinski definition) is 3. The van der Waals surface area contributed by atoms with Gasteiger partial charge in [0.1, 0.15) is 5.69 Å². The van der Waals surface area contributed by atoms with E-state index >= 15 is 0 Å². The highest BCUT2D eigenvalue weighted by Gasteiger charge is 2.19. The molecule has 0 amide bonds. The van der Waals surface area contributed by atoms with Crippen LogP contribution in [0.25, 0.3) is 0 Å². The monoisotopic (exact) mass is 284 g/mol. The summed E-state index contributed by atoms with van der Waals surface area (Å²) in [5, 5.41) is 10.6. The Kier molecular flexibility index (Phi) is 3.00. The van der Waals surface area contributed by atoms with Crippen molar-refractivity contribution in [3.63, 3.8) is 0 Å². The fourth-order valence-corrected chi connectivity index (χ4v) is 1.63. The fourth-order valence-electron chi connectivity index (χ4n) is 0.748. The second kappa shape index (κ2) is 3.69. The minimum absolute atomic E-state index is 0.0114. The minimum Gasteiger partial charge on any atom is -0.392 e. The molecular formula is C6H3BrCl2N2O2. The van der Waals surface area contributed by atoms with Crippen LogP contribution in [0.2, 0.25) is 10.0 Å². The molecule has 7 heteroatoms. The molecule has 0 heterocycles. The first-order valence-electron chi connectivity index (χ1n) is 3.02. The molecule has 1 aromatic rings. The number of nitrogens with zero attached hydrogens (tertiary/aromatic N) is 1.